The van der Waals surface area contributed by atoms with Crippen molar-refractivity contribution in [2.24, 2.45) is 11.8 Å². The minimum absolute atomic E-state index is 0.295. The SMILES string of the molecule is C[C@@H]1C[C@H](C)CN(CCCc2nc3ccc(C(=O)O)cc3[nH]2)C1. The number of rotatable bonds is 5. The number of hydrogen-bond acceptors (Lipinski definition) is 3. The molecule has 2 N–H and O–H groups in total. The number of carbonyl (C=O) groups is 1. The van der Waals surface area contributed by atoms with Gasteiger partial charge in [-0.05, 0) is 49.4 Å². The van der Waals surface area contributed by atoms with Crippen LogP contribution in [0.15, 0.2) is 18.2 Å². The highest BCUT2D eigenvalue weighted by Crippen LogP contribution is 2.21. The van der Waals surface area contributed by atoms with Crippen molar-refractivity contribution in [1.29, 1.82) is 0 Å². The fourth-order valence-corrected chi connectivity index (χ4v) is 3.76. The number of hydrogen-bond donors (Lipinski definition) is 2. The number of benzene rings is 1. The lowest BCUT2D eigenvalue weighted by Crippen LogP contribution is -2.39. The molecule has 5 heteroatoms. The summed E-state index contributed by atoms with van der Waals surface area (Å²) in [6.07, 6.45) is 3.31. The van der Waals surface area contributed by atoms with E-state index in [4.69, 9.17) is 5.11 Å². The van der Waals surface area contributed by atoms with Crippen LogP contribution in [0.5, 0.6) is 0 Å². The molecule has 2 atom stereocenters. The molecule has 2 aromatic rings. The highest BCUT2D eigenvalue weighted by atomic mass is 16.4. The normalized spacial score (nSPS) is 22.5. The lowest BCUT2D eigenvalue weighted by atomic mass is 9.92. The summed E-state index contributed by atoms with van der Waals surface area (Å²) in [6, 6.07) is 5.03. The molecule has 0 bridgehead atoms. The van der Waals surface area contributed by atoms with Gasteiger partial charge in [0.2, 0.25) is 0 Å². The minimum atomic E-state index is -0.906. The lowest BCUT2D eigenvalue weighted by Gasteiger charge is -2.34. The van der Waals surface area contributed by atoms with E-state index in [1.165, 1.54) is 19.5 Å². The van der Waals surface area contributed by atoms with Gasteiger partial charge in [-0.2, -0.15) is 0 Å². The van der Waals surface area contributed by atoms with E-state index in [9.17, 15) is 4.79 Å². The van der Waals surface area contributed by atoms with Gasteiger partial charge >= 0.3 is 5.97 Å². The summed E-state index contributed by atoms with van der Waals surface area (Å²) in [6.45, 7) is 8.18. The van der Waals surface area contributed by atoms with Gasteiger partial charge in [0.25, 0.3) is 0 Å². The first-order chi connectivity index (χ1) is 11.0. The second-order valence-corrected chi connectivity index (χ2v) is 7.03. The topological polar surface area (TPSA) is 69.2 Å². The number of aryl methyl sites for hydroxylation is 1. The molecule has 1 aliphatic heterocycles. The lowest BCUT2D eigenvalue weighted by molar-refractivity contribution is 0.0697. The molecule has 2 heterocycles. The molecule has 1 aliphatic rings. The highest BCUT2D eigenvalue weighted by molar-refractivity contribution is 5.92. The molecule has 0 radical (unpaired) electrons. The predicted octanol–water partition coefficient (Wildman–Crippen LogP) is 3.17. The largest absolute Gasteiger partial charge is 0.478 e. The van der Waals surface area contributed by atoms with Gasteiger partial charge in [0.15, 0.2) is 0 Å². The molecule has 0 amide bonds. The molecule has 0 unspecified atom stereocenters. The van der Waals surface area contributed by atoms with Gasteiger partial charge in [0, 0.05) is 19.5 Å². The van der Waals surface area contributed by atoms with Gasteiger partial charge < -0.3 is 15.0 Å². The van der Waals surface area contributed by atoms with Crippen LogP contribution in [0.4, 0.5) is 0 Å². The first-order valence-corrected chi connectivity index (χ1v) is 8.45. The summed E-state index contributed by atoms with van der Waals surface area (Å²) in [4.78, 5) is 21.4. The fourth-order valence-electron chi connectivity index (χ4n) is 3.76. The Morgan fingerprint density at radius 2 is 2.09 bits per heavy atom. The summed E-state index contributed by atoms with van der Waals surface area (Å²) < 4.78 is 0. The van der Waals surface area contributed by atoms with Crippen LogP contribution < -0.4 is 0 Å². The third-order valence-electron chi connectivity index (χ3n) is 4.61. The zero-order valence-electron chi connectivity index (χ0n) is 13.9. The van der Waals surface area contributed by atoms with E-state index < -0.39 is 5.97 Å². The average molecular weight is 315 g/mol. The van der Waals surface area contributed by atoms with Gasteiger partial charge in [0.05, 0.1) is 16.6 Å². The van der Waals surface area contributed by atoms with E-state index in [-0.39, 0.29) is 0 Å². The van der Waals surface area contributed by atoms with E-state index in [0.29, 0.717) is 5.56 Å². The van der Waals surface area contributed by atoms with Crippen molar-refractivity contribution < 1.29 is 9.90 Å². The Balaban J connectivity index is 1.58. The average Bonchev–Trinajstić information content (AvgIpc) is 2.87. The molecule has 0 aliphatic carbocycles. The standard InChI is InChI=1S/C18H25N3O2/c1-12-8-13(2)11-21(10-12)7-3-4-17-19-15-6-5-14(18(22)23)9-16(15)20-17/h5-6,9,12-13H,3-4,7-8,10-11H2,1-2H3,(H,19,20)(H,22,23)/t12-,13+. The molecule has 0 saturated carbocycles. The number of carboxylic acid groups (broad SMARTS) is 1. The number of likely N-dealkylation sites (tertiary alicyclic amines) is 1. The maximum absolute atomic E-state index is 11.0. The van der Waals surface area contributed by atoms with Gasteiger partial charge in [-0.25, -0.2) is 9.78 Å². The zero-order valence-corrected chi connectivity index (χ0v) is 13.9. The monoisotopic (exact) mass is 315 g/mol. The Morgan fingerprint density at radius 3 is 2.78 bits per heavy atom. The molecule has 1 aromatic heterocycles. The Bertz CT molecular complexity index is 685. The maximum atomic E-state index is 11.0. The fraction of sp³-hybridized carbons (Fsp3) is 0.556. The molecule has 3 rings (SSSR count). The van der Waals surface area contributed by atoms with Crippen molar-refractivity contribution >= 4 is 17.0 Å². The molecular weight excluding hydrogens is 290 g/mol. The van der Waals surface area contributed by atoms with Crippen molar-refractivity contribution in [2.75, 3.05) is 19.6 Å². The Labute approximate surface area is 136 Å². The number of piperidine rings is 1. The number of aromatic carboxylic acids is 1. The van der Waals surface area contributed by atoms with Crippen LogP contribution in [0.1, 0.15) is 42.9 Å². The van der Waals surface area contributed by atoms with Crippen molar-refractivity contribution in [3.05, 3.63) is 29.6 Å². The summed E-state index contributed by atoms with van der Waals surface area (Å²) in [5, 5.41) is 9.04. The van der Waals surface area contributed by atoms with E-state index >= 15 is 0 Å². The van der Waals surface area contributed by atoms with E-state index in [0.717, 1.165) is 48.1 Å². The van der Waals surface area contributed by atoms with Crippen LogP contribution in [-0.4, -0.2) is 45.6 Å². The molecule has 5 nitrogen and oxygen atoms in total. The molecule has 0 spiro atoms. The van der Waals surface area contributed by atoms with E-state index in [2.05, 4.69) is 28.7 Å². The summed E-state index contributed by atoms with van der Waals surface area (Å²) >= 11 is 0. The quantitative estimate of drug-likeness (QED) is 0.889. The summed E-state index contributed by atoms with van der Waals surface area (Å²) in [5.41, 5.74) is 1.94. The van der Waals surface area contributed by atoms with Crippen molar-refractivity contribution in [3.8, 4) is 0 Å². The number of H-pyrrole nitrogens is 1. The third kappa shape index (κ3) is 3.91. The minimum Gasteiger partial charge on any atom is -0.478 e. The highest BCUT2D eigenvalue weighted by Gasteiger charge is 2.21. The molecule has 124 valence electrons. The number of imidazole rings is 1. The second kappa shape index (κ2) is 6.71. The second-order valence-electron chi connectivity index (χ2n) is 7.03. The zero-order chi connectivity index (χ0) is 16.4. The van der Waals surface area contributed by atoms with Crippen LogP contribution in [0.2, 0.25) is 0 Å². The van der Waals surface area contributed by atoms with Gasteiger partial charge in [-0.1, -0.05) is 13.8 Å². The number of nitrogens with zero attached hydrogens (tertiary/aromatic N) is 2. The van der Waals surface area contributed by atoms with Crippen LogP contribution >= 0.6 is 0 Å². The Morgan fingerprint density at radius 1 is 1.35 bits per heavy atom. The molecular formula is C18H25N3O2. The van der Waals surface area contributed by atoms with E-state index in [1.807, 2.05) is 0 Å². The Hall–Kier alpha value is -1.88. The Kier molecular flexibility index (Phi) is 4.66. The number of fused-ring (bicyclic) bond motifs is 1. The van der Waals surface area contributed by atoms with Crippen molar-refractivity contribution in [2.45, 2.75) is 33.1 Å². The number of aromatic amines is 1. The number of aromatic nitrogens is 2. The van der Waals surface area contributed by atoms with Gasteiger partial charge in [0.1, 0.15) is 5.82 Å². The number of carboxylic acids is 1. The van der Waals surface area contributed by atoms with Crippen LogP contribution in [0, 0.1) is 11.8 Å². The third-order valence-corrected chi connectivity index (χ3v) is 4.61. The van der Waals surface area contributed by atoms with Crippen LogP contribution in [0.25, 0.3) is 11.0 Å². The first-order valence-electron chi connectivity index (χ1n) is 8.45. The summed E-state index contributed by atoms with van der Waals surface area (Å²) in [7, 11) is 0. The van der Waals surface area contributed by atoms with Crippen LogP contribution in [-0.2, 0) is 6.42 Å². The molecule has 1 aromatic carbocycles. The van der Waals surface area contributed by atoms with Gasteiger partial charge in [-0.3, -0.25) is 0 Å². The van der Waals surface area contributed by atoms with E-state index in [1.54, 1.807) is 18.2 Å². The molecule has 1 fully saturated rings. The number of nitrogens with one attached hydrogen (secondary N) is 1. The van der Waals surface area contributed by atoms with Gasteiger partial charge in [-0.15, -0.1) is 0 Å². The predicted molar refractivity (Wildman–Crippen MR) is 90.8 cm³/mol. The van der Waals surface area contributed by atoms with Crippen molar-refractivity contribution in [1.82, 2.24) is 14.9 Å². The smallest absolute Gasteiger partial charge is 0.335 e. The molecule has 1 saturated heterocycles. The first kappa shape index (κ1) is 16.0. The van der Waals surface area contributed by atoms with Crippen molar-refractivity contribution in [3.63, 3.8) is 0 Å². The molecule has 23 heavy (non-hydrogen) atoms. The maximum Gasteiger partial charge on any atom is 0.335 e. The van der Waals surface area contributed by atoms with Crippen LogP contribution in [0.3, 0.4) is 0 Å². The summed E-state index contributed by atoms with van der Waals surface area (Å²) in [5.74, 6) is 1.62.